The van der Waals surface area contributed by atoms with Crippen molar-refractivity contribution in [2.45, 2.75) is 108 Å². The summed E-state index contributed by atoms with van der Waals surface area (Å²) in [6.07, 6.45) is 9.69. The molecule has 6 N–H and O–H groups in total. The van der Waals surface area contributed by atoms with E-state index in [4.69, 9.17) is 0 Å². The SMILES string of the molecule is CCCCCCC(O)CCCCCCC=CC(O)C(O)C(O)CC(=O)ON. The molecule has 0 aromatic heterocycles. The van der Waals surface area contributed by atoms with Gasteiger partial charge < -0.3 is 25.3 Å². The third-order valence-corrected chi connectivity index (χ3v) is 4.63. The van der Waals surface area contributed by atoms with Crippen molar-refractivity contribution in [3.8, 4) is 0 Å². The number of aliphatic hydroxyl groups excluding tert-OH is 4. The van der Waals surface area contributed by atoms with Crippen molar-refractivity contribution < 1.29 is 30.1 Å². The summed E-state index contributed by atoms with van der Waals surface area (Å²) >= 11 is 0. The molecule has 4 unspecified atom stereocenters. The van der Waals surface area contributed by atoms with E-state index in [0.717, 1.165) is 51.4 Å². The topological polar surface area (TPSA) is 133 Å². The van der Waals surface area contributed by atoms with E-state index in [1.165, 1.54) is 25.3 Å². The second-order valence-electron chi connectivity index (χ2n) is 7.17. The summed E-state index contributed by atoms with van der Waals surface area (Å²) in [4.78, 5) is 14.8. The fourth-order valence-electron chi connectivity index (χ4n) is 2.86. The summed E-state index contributed by atoms with van der Waals surface area (Å²) in [5, 5.41) is 39.0. The number of carbonyl (C=O) groups excluding carboxylic acids is 1. The van der Waals surface area contributed by atoms with Gasteiger partial charge in [-0.1, -0.05) is 64.0 Å². The normalized spacial score (nSPS) is 16.2. The maximum absolute atomic E-state index is 10.9. The molecule has 0 aliphatic carbocycles. The van der Waals surface area contributed by atoms with E-state index in [0.29, 0.717) is 0 Å². The number of hydrogen-bond acceptors (Lipinski definition) is 7. The molecule has 27 heavy (non-hydrogen) atoms. The van der Waals surface area contributed by atoms with E-state index in [-0.39, 0.29) is 6.10 Å². The average molecular weight is 390 g/mol. The molecule has 0 spiro atoms. The van der Waals surface area contributed by atoms with Gasteiger partial charge >= 0.3 is 5.97 Å². The van der Waals surface area contributed by atoms with Gasteiger partial charge in [-0.05, 0) is 25.7 Å². The first-order valence-corrected chi connectivity index (χ1v) is 10.2. The lowest BCUT2D eigenvalue weighted by atomic mass is 10.0. The minimum absolute atomic E-state index is 0.179. The fourth-order valence-corrected chi connectivity index (χ4v) is 2.86. The summed E-state index contributed by atoms with van der Waals surface area (Å²) in [6.45, 7) is 2.18. The highest BCUT2D eigenvalue weighted by Crippen LogP contribution is 2.13. The minimum atomic E-state index is -1.47. The third kappa shape index (κ3) is 14.7. The molecule has 0 saturated carbocycles. The Morgan fingerprint density at radius 2 is 1.56 bits per heavy atom. The molecule has 0 aliphatic heterocycles. The molecule has 0 amide bonds. The molecule has 0 bridgehead atoms. The third-order valence-electron chi connectivity index (χ3n) is 4.63. The Kier molecular flexibility index (Phi) is 16.5. The molecule has 7 nitrogen and oxygen atoms in total. The Labute approximate surface area is 163 Å². The van der Waals surface area contributed by atoms with Crippen molar-refractivity contribution in [3.05, 3.63) is 12.2 Å². The number of aliphatic hydroxyl groups is 4. The van der Waals surface area contributed by atoms with Crippen LogP contribution in [0.4, 0.5) is 0 Å². The van der Waals surface area contributed by atoms with E-state index in [1.807, 2.05) is 0 Å². The zero-order chi connectivity index (χ0) is 20.5. The van der Waals surface area contributed by atoms with Gasteiger partial charge in [0.1, 0.15) is 12.2 Å². The number of nitrogens with two attached hydrogens (primary N) is 1. The van der Waals surface area contributed by atoms with Gasteiger partial charge in [-0.2, -0.15) is 5.90 Å². The van der Waals surface area contributed by atoms with Crippen molar-refractivity contribution in [1.82, 2.24) is 0 Å². The van der Waals surface area contributed by atoms with E-state index < -0.39 is 30.7 Å². The zero-order valence-electron chi connectivity index (χ0n) is 16.6. The molecule has 4 atom stereocenters. The molecule has 0 heterocycles. The van der Waals surface area contributed by atoms with Crippen LogP contribution in [0.1, 0.15) is 84.0 Å². The van der Waals surface area contributed by atoms with Gasteiger partial charge in [-0.15, -0.1) is 0 Å². The molecule has 0 saturated heterocycles. The molecule has 160 valence electrons. The van der Waals surface area contributed by atoms with Gasteiger partial charge in [-0.3, -0.25) is 4.79 Å². The number of carbonyl (C=O) groups is 1. The van der Waals surface area contributed by atoms with Gasteiger partial charge in [0.15, 0.2) is 0 Å². The summed E-state index contributed by atoms with van der Waals surface area (Å²) < 4.78 is 0. The van der Waals surface area contributed by atoms with E-state index in [2.05, 4.69) is 17.7 Å². The number of hydrogen-bond donors (Lipinski definition) is 5. The van der Waals surface area contributed by atoms with Crippen LogP contribution in [0.5, 0.6) is 0 Å². The number of unbranched alkanes of at least 4 members (excludes halogenated alkanes) is 7. The Bertz CT molecular complexity index is 391. The summed E-state index contributed by atoms with van der Waals surface area (Å²) in [6, 6.07) is 0. The quantitative estimate of drug-likeness (QED) is 0.146. The Balaban J connectivity index is 3.69. The van der Waals surface area contributed by atoms with Crippen molar-refractivity contribution in [2.24, 2.45) is 5.90 Å². The van der Waals surface area contributed by atoms with Crippen LogP contribution in [0.2, 0.25) is 0 Å². The largest absolute Gasteiger partial charge is 0.393 e. The van der Waals surface area contributed by atoms with Crippen molar-refractivity contribution in [2.75, 3.05) is 0 Å². The molecule has 0 aliphatic rings. The molecule has 0 aromatic rings. The summed E-state index contributed by atoms with van der Waals surface area (Å²) in [7, 11) is 0. The van der Waals surface area contributed by atoms with Crippen molar-refractivity contribution in [1.29, 1.82) is 0 Å². The Morgan fingerprint density at radius 3 is 2.15 bits per heavy atom. The van der Waals surface area contributed by atoms with Crippen molar-refractivity contribution >= 4 is 5.97 Å². The van der Waals surface area contributed by atoms with Crippen LogP contribution >= 0.6 is 0 Å². The van der Waals surface area contributed by atoms with E-state index in [9.17, 15) is 25.2 Å². The van der Waals surface area contributed by atoms with Crippen molar-refractivity contribution in [3.63, 3.8) is 0 Å². The van der Waals surface area contributed by atoms with E-state index in [1.54, 1.807) is 6.08 Å². The monoisotopic (exact) mass is 389 g/mol. The predicted octanol–water partition coefficient (Wildman–Crippen LogP) is 2.10. The van der Waals surface area contributed by atoms with E-state index >= 15 is 0 Å². The van der Waals surface area contributed by atoms with Gasteiger partial charge in [0.2, 0.25) is 0 Å². The Morgan fingerprint density at radius 1 is 0.963 bits per heavy atom. The first-order chi connectivity index (χ1) is 12.9. The molecule has 7 heteroatoms. The van der Waals surface area contributed by atoms with Crippen LogP contribution in [0.15, 0.2) is 12.2 Å². The van der Waals surface area contributed by atoms with Crippen LogP contribution in [-0.4, -0.2) is 50.8 Å². The lowest BCUT2D eigenvalue weighted by Gasteiger charge is -2.19. The standard InChI is InChI=1S/C20H39NO6/c1-2-3-4-9-12-16(22)13-10-7-5-6-8-11-14-17(23)20(26)18(24)15-19(25)27-21/h11,14,16-18,20,22-24,26H,2-10,12-13,15,21H2,1H3. The first kappa shape index (κ1) is 26.0. The molecule has 0 radical (unpaired) electrons. The summed E-state index contributed by atoms with van der Waals surface area (Å²) in [5.74, 6) is 3.80. The molecule has 0 aromatic carbocycles. The lowest BCUT2D eigenvalue weighted by Crippen LogP contribution is -2.38. The van der Waals surface area contributed by atoms with Gasteiger partial charge in [0, 0.05) is 0 Å². The molecular weight excluding hydrogens is 350 g/mol. The average Bonchev–Trinajstić information content (AvgIpc) is 2.66. The van der Waals surface area contributed by atoms with Crippen LogP contribution in [0.3, 0.4) is 0 Å². The van der Waals surface area contributed by atoms with Crippen LogP contribution in [0.25, 0.3) is 0 Å². The minimum Gasteiger partial charge on any atom is -0.393 e. The van der Waals surface area contributed by atoms with Gasteiger partial charge in [0.05, 0.1) is 18.6 Å². The smallest absolute Gasteiger partial charge is 0.327 e. The molecular formula is C20H39NO6. The van der Waals surface area contributed by atoms with Crippen LogP contribution in [-0.2, 0) is 9.63 Å². The second kappa shape index (κ2) is 17.1. The zero-order valence-corrected chi connectivity index (χ0v) is 16.6. The fraction of sp³-hybridized carbons (Fsp3) is 0.850. The Hall–Kier alpha value is -0.990. The van der Waals surface area contributed by atoms with Crippen LogP contribution < -0.4 is 5.90 Å². The highest BCUT2D eigenvalue weighted by Gasteiger charge is 2.25. The lowest BCUT2D eigenvalue weighted by molar-refractivity contribution is -0.149. The predicted molar refractivity (Wildman–Crippen MR) is 105 cm³/mol. The highest BCUT2D eigenvalue weighted by molar-refractivity contribution is 5.69. The molecule has 0 fully saturated rings. The molecule has 0 rings (SSSR count). The highest BCUT2D eigenvalue weighted by atomic mass is 16.7. The second-order valence-corrected chi connectivity index (χ2v) is 7.17. The first-order valence-electron chi connectivity index (χ1n) is 10.2. The van der Waals surface area contributed by atoms with Gasteiger partial charge in [-0.25, -0.2) is 0 Å². The number of rotatable bonds is 17. The van der Waals surface area contributed by atoms with Gasteiger partial charge in [0.25, 0.3) is 0 Å². The summed E-state index contributed by atoms with van der Waals surface area (Å²) in [5.41, 5.74) is 0. The maximum atomic E-state index is 10.9. The van der Waals surface area contributed by atoms with Crippen LogP contribution in [0, 0.1) is 0 Å². The maximum Gasteiger partial charge on any atom is 0.327 e. The number of allylic oxidation sites excluding steroid dienone is 1.